The maximum atomic E-state index is 12.2. The van der Waals surface area contributed by atoms with Crippen molar-refractivity contribution in [2.24, 2.45) is 5.92 Å². The zero-order valence-corrected chi connectivity index (χ0v) is 20.1. The second-order valence-electron chi connectivity index (χ2n) is 8.75. The van der Waals surface area contributed by atoms with Gasteiger partial charge in [-0.05, 0) is 42.2 Å². The summed E-state index contributed by atoms with van der Waals surface area (Å²) in [4.78, 5) is 28.4. The molecule has 7 heteroatoms. The summed E-state index contributed by atoms with van der Waals surface area (Å²) in [5, 5.41) is 12.7. The van der Waals surface area contributed by atoms with Crippen molar-refractivity contribution < 1.29 is 19.4 Å². The van der Waals surface area contributed by atoms with Crippen LogP contribution in [0.15, 0.2) is 54.7 Å². The highest BCUT2D eigenvalue weighted by molar-refractivity contribution is 5.94. The van der Waals surface area contributed by atoms with Gasteiger partial charge in [0.1, 0.15) is 5.82 Å². The summed E-state index contributed by atoms with van der Waals surface area (Å²) in [6.07, 6.45) is 4.81. The number of carboxylic acids is 1. The van der Waals surface area contributed by atoms with Gasteiger partial charge in [-0.3, -0.25) is 0 Å². The van der Waals surface area contributed by atoms with E-state index in [1.54, 1.807) is 30.3 Å². The molecule has 0 aliphatic rings. The quantitative estimate of drug-likeness (QED) is 0.350. The van der Waals surface area contributed by atoms with Crippen molar-refractivity contribution in [3.05, 3.63) is 82.9 Å². The number of carboxylic acid groups (broad SMARTS) is 1. The molecule has 1 heterocycles. The van der Waals surface area contributed by atoms with Crippen LogP contribution >= 0.6 is 0 Å². The Balaban J connectivity index is 1.77. The molecule has 180 valence electrons. The number of para-hydroxylation sites is 1. The van der Waals surface area contributed by atoms with Crippen LogP contribution in [0.25, 0.3) is 0 Å². The zero-order chi connectivity index (χ0) is 24.5. The van der Waals surface area contributed by atoms with Gasteiger partial charge >= 0.3 is 11.9 Å². The number of unbranched alkanes of at least 4 members (excludes halogenated alkanes) is 1. The maximum absolute atomic E-state index is 12.2. The highest BCUT2D eigenvalue weighted by atomic mass is 16.5. The predicted molar refractivity (Wildman–Crippen MR) is 132 cm³/mol. The molecule has 1 aromatic heterocycles. The molecule has 0 radical (unpaired) electrons. The number of rotatable bonds is 12. The van der Waals surface area contributed by atoms with E-state index in [0.717, 1.165) is 36.3 Å². The molecule has 0 spiro atoms. The van der Waals surface area contributed by atoms with E-state index in [1.807, 2.05) is 38.2 Å². The van der Waals surface area contributed by atoms with Crippen molar-refractivity contribution in [1.82, 2.24) is 9.55 Å². The average Bonchev–Trinajstić information content (AvgIpc) is 3.21. The van der Waals surface area contributed by atoms with Gasteiger partial charge in [0.25, 0.3) is 0 Å². The van der Waals surface area contributed by atoms with Gasteiger partial charge in [-0.25, -0.2) is 14.6 Å². The van der Waals surface area contributed by atoms with Crippen LogP contribution < -0.4 is 5.32 Å². The molecule has 0 aliphatic carbocycles. The Morgan fingerprint density at radius 3 is 2.53 bits per heavy atom. The number of aromatic carboxylic acids is 1. The number of ether oxygens (including phenoxy) is 1. The number of carbonyl (C=O) groups is 2. The molecule has 0 amide bonds. The fourth-order valence-corrected chi connectivity index (χ4v) is 3.59. The first-order valence-corrected chi connectivity index (χ1v) is 11.7. The normalized spacial score (nSPS) is 10.9. The van der Waals surface area contributed by atoms with Crippen molar-refractivity contribution >= 4 is 17.6 Å². The lowest BCUT2D eigenvalue weighted by Crippen LogP contribution is -2.13. The standard InChI is InChI=1S/C27H33N3O4/c1-4-5-10-25-29-16-22(15-28-24-9-7-6-8-23(24)26(31)32)30(25)17-20-11-13-21(14-12-20)27(33)34-18-19(2)3/h6-9,11-14,16,19,28H,4-5,10,15,17-18H2,1-3H3,(H,31,32). The number of anilines is 1. The molecule has 0 unspecified atom stereocenters. The largest absolute Gasteiger partial charge is 0.478 e. The topological polar surface area (TPSA) is 93.5 Å². The van der Waals surface area contributed by atoms with Crippen molar-refractivity contribution in [3.8, 4) is 0 Å². The summed E-state index contributed by atoms with van der Waals surface area (Å²) in [7, 11) is 0. The van der Waals surface area contributed by atoms with E-state index >= 15 is 0 Å². The molecule has 0 saturated heterocycles. The third-order valence-electron chi connectivity index (χ3n) is 5.47. The van der Waals surface area contributed by atoms with Gasteiger partial charge in [-0.1, -0.05) is 51.5 Å². The second kappa shape index (κ2) is 12.0. The van der Waals surface area contributed by atoms with E-state index in [9.17, 15) is 14.7 Å². The van der Waals surface area contributed by atoms with Crippen molar-refractivity contribution in [2.75, 3.05) is 11.9 Å². The number of esters is 1. The first-order valence-electron chi connectivity index (χ1n) is 11.7. The summed E-state index contributed by atoms with van der Waals surface area (Å²) in [5.74, 6) is 0.00634. The number of hydrogen-bond acceptors (Lipinski definition) is 5. The number of nitrogens with one attached hydrogen (secondary N) is 1. The Labute approximate surface area is 200 Å². The smallest absolute Gasteiger partial charge is 0.338 e. The molecule has 34 heavy (non-hydrogen) atoms. The molecule has 7 nitrogen and oxygen atoms in total. The number of carbonyl (C=O) groups excluding carboxylic acids is 1. The van der Waals surface area contributed by atoms with Crippen molar-refractivity contribution in [3.63, 3.8) is 0 Å². The Bertz CT molecular complexity index is 1100. The van der Waals surface area contributed by atoms with E-state index < -0.39 is 5.97 Å². The van der Waals surface area contributed by atoms with Gasteiger partial charge < -0.3 is 19.7 Å². The van der Waals surface area contributed by atoms with Gasteiger partial charge in [0, 0.05) is 18.7 Å². The Hall–Kier alpha value is -3.61. The van der Waals surface area contributed by atoms with Crippen molar-refractivity contribution in [2.45, 2.75) is 53.1 Å². The van der Waals surface area contributed by atoms with E-state index in [2.05, 4.69) is 21.8 Å². The summed E-state index contributed by atoms with van der Waals surface area (Å²) in [6, 6.07) is 14.3. The third kappa shape index (κ3) is 6.70. The molecule has 2 aromatic carbocycles. The lowest BCUT2D eigenvalue weighted by Gasteiger charge is -2.15. The number of imidazole rings is 1. The minimum Gasteiger partial charge on any atom is -0.478 e. The van der Waals surface area contributed by atoms with Gasteiger partial charge in [0.2, 0.25) is 0 Å². The number of benzene rings is 2. The molecule has 0 atom stereocenters. The summed E-state index contributed by atoms with van der Waals surface area (Å²) >= 11 is 0. The van der Waals surface area contributed by atoms with Crippen molar-refractivity contribution in [1.29, 1.82) is 0 Å². The van der Waals surface area contributed by atoms with Gasteiger partial charge in [-0.15, -0.1) is 0 Å². The lowest BCUT2D eigenvalue weighted by molar-refractivity contribution is 0.0458. The molecule has 3 rings (SSSR count). The molecular formula is C27H33N3O4. The van der Waals surface area contributed by atoms with Crippen LogP contribution in [0, 0.1) is 5.92 Å². The zero-order valence-electron chi connectivity index (χ0n) is 20.1. The van der Waals surface area contributed by atoms with E-state index in [-0.39, 0.29) is 11.5 Å². The molecule has 0 saturated carbocycles. The summed E-state index contributed by atoms with van der Waals surface area (Å²) < 4.78 is 7.48. The van der Waals surface area contributed by atoms with Gasteiger partial charge in [0.15, 0.2) is 0 Å². The van der Waals surface area contributed by atoms with Crippen LogP contribution in [-0.2, 0) is 24.2 Å². The first kappa shape index (κ1) is 25.0. The Kier molecular flexibility index (Phi) is 8.85. The molecule has 2 N–H and O–H groups in total. The number of hydrogen-bond donors (Lipinski definition) is 2. The number of nitrogens with zero attached hydrogens (tertiary/aromatic N) is 2. The minimum absolute atomic E-state index is 0.236. The Morgan fingerprint density at radius 2 is 1.85 bits per heavy atom. The Morgan fingerprint density at radius 1 is 1.12 bits per heavy atom. The van der Waals surface area contributed by atoms with Crippen LogP contribution in [0.2, 0.25) is 0 Å². The lowest BCUT2D eigenvalue weighted by atomic mass is 10.1. The van der Waals surface area contributed by atoms with Crippen LogP contribution in [0.5, 0.6) is 0 Å². The molecule has 0 bridgehead atoms. The summed E-state index contributed by atoms with van der Waals surface area (Å²) in [6.45, 7) is 7.61. The van der Waals surface area contributed by atoms with Gasteiger partial charge in [0.05, 0.1) is 36.2 Å². The minimum atomic E-state index is -0.966. The second-order valence-corrected chi connectivity index (χ2v) is 8.75. The molecule has 3 aromatic rings. The predicted octanol–water partition coefficient (Wildman–Crippen LogP) is 5.40. The molecular weight excluding hydrogens is 430 g/mol. The maximum Gasteiger partial charge on any atom is 0.338 e. The number of aryl methyl sites for hydroxylation is 1. The SMILES string of the molecule is CCCCc1ncc(CNc2ccccc2C(=O)O)n1Cc1ccc(C(=O)OCC(C)C)cc1. The van der Waals surface area contributed by atoms with Crippen LogP contribution in [0.3, 0.4) is 0 Å². The van der Waals surface area contributed by atoms with Gasteiger partial charge in [-0.2, -0.15) is 0 Å². The summed E-state index contributed by atoms with van der Waals surface area (Å²) in [5.41, 5.74) is 3.35. The van der Waals surface area contributed by atoms with Crippen LogP contribution in [0.1, 0.15) is 71.4 Å². The highest BCUT2D eigenvalue weighted by Gasteiger charge is 2.14. The number of aromatic nitrogens is 2. The fraction of sp³-hybridized carbons (Fsp3) is 0.370. The first-order chi connectivity index (χ1) is 16.4. The monoisotopic (exact) mass is 463 g/mol. The van der Waals surface area contributed by atoms with Crippen LogP contribution in [0.4, 0.5) is 5.69 Å². The molecule has 0 fully saturated rings. The highest BCUT2D eigenvalue weighted by Crippen LogP contribution is 2.19. The van der Waals surface area contributed by atoms with E-state index in [0.29, 0.717) is 36.9 Å². The molecule has 0 aliphatic heterocycles. The average molecular weight is 464 g/mol. The van der Waals surface area contributed by atoms with E-state index in [4.69, 9.17) is 4.74 Å². The van der Waals surface area contributed by atoms with Crippen LogP contribution in [-0.4, -0.2) is 33.2 Å². The fourth-order valence-electron chi connectivity index (χ4n) is 3.59. The third-order valence-corrected chi connectivity index (χ3v) is 5.47. The van der Waals surface area contributed by atoms with E-state index in [1.165, 1.54) is 0 Å².